The minimum absolute atomic E-state index is 0.202. The van der Waals surface area contributed by atoms with Crippen molar-refractivity contribution in [3.63, 3.8) is 0 Å². The van der Waals surface area contributed by atoms with Crippen LogP contribution in [0.15, 0.2) is 80.6 Å². The fourth-order valence-electron chi connectivity index (χ4n) is 3.21. The van der Waals surface area contributed by atoms with Crippen molar-refractivity contribution in [3.8, 4) is 0 Å². The molecule has 0 radical (unpaired) electrons. The van der Waals surface area contributed by atoms with Crippen molar-refractivity contribution in [3.05, 3.63) is 70.6 Å². The summed E-state index contributed by atoms with van der Waals surface area (Å²) < 4.78 is 1.98. The summed E-state index contributed by atoms with van der Waals surface area (Å²) in [6.07, 6.45) is 14.1. The van der Waals surface area contributed by atoms with Gasteiger partial charge in [0.05, 0.1) is 11.4 Å². The SMILES string of the molecule is CC(C)C(C=N)=CC(N)=NC1=CC=C2NC=C(C(C=NCC3CN(S)C3)=CN)C=C2N1. The van der Waals surface area contributed by atoms with Gasteiger partial charge in [0.2, 0.25) is 0 Å². The molecule has 3 rings (SSSR count). The molecule has 0 aromatic carbocycles. The molecule has 0 atom stereocenters. The number of thiol groups is 1. The third-order valence-corrected chi connectivity index (χ3v) is 5.41. The molecule has 1 saturated heterocycles. The van der Waals surface area contributed by atoms with Crippen molar-refractivity contribution < 1.29 is 0 Å². The van der Waals surface area contributed by atoms with E-state index in [9.17, 15) is 0 Å². The Balaban J connectivity index is 1.68. The number of dihydropyridines is 2. The van der Waals surface area contributed by atoms with E-state index in [1.165, 1.54) is 6.21 Å². The van der Waals surface area contributed by atoms with Crippen molar-refractivity contribution in [2.75, 3.05) is 19.6 Å². The summed E-state index contributed by atoms with van der Waals surface area (Å²) in [5.74, 6) is 1.71. The number of nitrogens with zero attached hydrogens (tertiary/aromatic N) is 3. The third-order valence-electron chi connectivity index (χ3n) is 5.09. The summed E-state index contributed by atoms with van der Waals surface area (Å²) in [7, 11) is 0. The quantitative estimate of drug-likeness (QED) is 0.196. The lowest BCUT2D eigenvalue weighted by molar-refractivity contribution is 0.231. The van der Waals surface area contributed by atoms with Crippen LogP contribution in [0.5, 0.6) is 0 Å². The monoisotopic (exact) mass is 438 g/mol. The summed E-state index contributed by atoms with van der Waals surface area (Å²) >= 11 is 4.29. The zero-order valence-corrected chi connectivity index (χ0v) is 18.7. The topological polar surface area (TPSA) is 128 Å². The number of hydrogen-bond donors (Lipinski definition) is 6. The predicted octanol–water partition coefficient (Wildman–Crippen LogP) is 1.97. The Morgan fingerprint density at radius 1 is 1.35 bits per heavy atom. The van der Waals surface area contributed by atoms with Crippen molar-refractivity contribution in [2.24, 2.45) is 33.3 Å². The van der Waals surface area contributed by atoms with Crippen LogP contribution in [0.1, 0.15) is 13.8 Å². The molecule has 0 saturated carbocycles. The minimum Gasteiger partial charge on any atom is -0.404 e. The van der Waals surface area contributed by atoms with Crippen LogP contribution in [-0.2, 0) is 0 Å². The molecule has 1 fully saturated rings. The van der Waals surface area contributed by atoms with E-state index in [1.807, 2.05) is 48.8 Å². The molecule has 0 aromatic rings. The fourth-order valence-corrected chi connectivity index (χ4v) is 3.67. The van der Waals surface area contributed by atoms with Gasteiger partial charge in [0.15, 0.2) is 0 Å². The van der Waals surface area contributed by atoms with Gasteiger partial charge >= 0.3 is 0 Å². The first kappa shape index (κ1) is 22.6. The molecule has 8 nitrogen and oxygen atoms in total. The minimum atomic E-state index is 0.202. The highest BCUT2D eigenvalue weighted by Crippen LogP contribution is 2.23. The third kappa shape index (κ3) is 5.99. The van der Waals surface area contributed by atoms with Crippen LogP contribution < -0.4 is 22.1 Å². The number of nitrogens with two attached hydrogens (primary N) is 2. The molecule has 3 aliphatic rings. The Kier molecular flexibility index (Phi) is 7.54. The van der Waals surface area contributed by atoms with Crippen LogP contribution >= 0.6 is 12.8 Å². The Morgan fingerprint density at radius 2 is 2.13 bits per heavy atom. The lowest BCUT2D eigenvalue weighted by Gasteiger charge is -2.33. The van der Waals surface area contributed by atoms with Crippen molar-refractivity contribution in [1.29, 1.82) is 5.41 Å². The van der Waals surface area contributed by atoms with Crippen molar-refractivity contribution in [1.82, 2.24) is 14.9 Å². The molecule has 0 bridgehead atoms. The van der Waals surface area contributed by atoms with E-state index in [2.05, 4.69) is 33.4 Å². The molecule has 3 aliphatic heterocycles. The lowest BCUT2D eigenvalue weighted by atomic mass is 10.0. The normalized spacial score (nSPS) is 20.8. The highest BCUT2D eigenvalue weighted by molar-refractivity contribution is 7.77. The zero-order valence-electron chi connectivity index (χ0n) is 17.8. The molecule has 0 aliphatic carbocycles. The van der Waals surface area contributed by atoms with Crippen LogP contribution in [0.3, 0.4) is 0 Å². The second-order valence-electron chi connectivity index (χ2n) is 7.89. The predicted molar refractivity (Wildman–Crippen MR) is 132 cm³/mol. The van der Waals surface area contributed by atoms with E-state index >= 15 is 0 Å². The number of fused-ring (bicyclic) bond motifs is 1. The van der Waals surface area contributed by atoms with E-state index in [0.717, 1.165) is 47.7 Å². The summed E-state index contributed by atoms with van der Waals surface area (Å²) in [6, 6.07) is 0. The van der Waals surface area contributed by atoms with Crippen LogP contribution in [0.25, 0.3) is 0 Å². The smallest absolute Gasteiger partial charge is 0.132 e. The molecule has 0 unspecified atom stereocenters. The Bertz CT molecular complexity index is 956. The van der Waals surface area contributed by atoms with Gasteiger partial charge in [0, 0.05) is 61.5 Å². The Morgan fingerprint density at radius 3 is 2.77 bits per heavy atom. The second kappa shape index (κ2) is 10.3. The summed E-state index contributed by atoms with van der Waals surface area (Å²) in [5.41, 5.74) is 16.3. The standard InChI is InChI=1S/C22H30N8S/c1-14(2)16(7-23)6-21(25)29-22-4-3-19-20(28-22)5-17(11-27-19)18(8-24)10-26-9-15-12-30(31)13-15/h3-8,10-11,14-15,23,27-28,31H,9,12-13,24H2,1-2H3,(H2,25,29). The van der Waals surface area contributed by atoms with Gasteiger partial charge in [-0.25, -0.2) is 4.99 Å². The first-order valence-corrected chi connectivity index (χ1v) is 10.6. The number of amidine groups is 1. The van der Waals surface area contributed by atoms with Gasteiger partial charge in [-0.15, -0.1) is 0 Å². The molecule has 0 amide bonds. The molecular weight excluding hydrogens is 408 g/mol. The molecule has 164 valence electrons. The van der Waals surface area contributed by atoms with Gasteiger partial charge in [-0.1, -0.05) is 26.7 Å². The number of hydrogen-bond acceptors (Lipinski definition) is 8. The maximum absolute atomic E-state index is 7.50. The fraction of sp³-hybridized carbons (Fsp3) is 0.318. The molecule has 0 aromatic heterocycles. The largest absolute Gasteiger partial charge is 0.404 e. The summed E-state index contributed by atoms with van der Waals surface area (Å²) in [5, 5.41) is 14.1. The first-order valence-electron chi connectivity index (χ1n) is 10.2. The number of rotatable bonds is 8. The van der Waals surface area contributed by atoms with Gasteiger partial charge in [0.25, 0.3) is 0 Å². The maximum atomic E-state index is 7.50. The number of aliphatic imine (C=N–C) groups is 2. The maximum Gasteiger partial charge on any atom is 0.132 e. The van der Waals surface area contributed by atoms with Gasteiger partial charge in [0.1, 0.15) is 11.7 Å². The average Bonchev–Trinajstić information content (AvgIpc) is 2.72. The van der Waals surface area contributed by atoms with Gasteiger partial charge < -0.3 is 27.5 Å². The first-order chi connectivity index (χ1) is 14.9. The van der Waals surface area contributed by atoms with Crippen molar-refractivity contribution in [2.45, 2.75) is 13.8 Å². The Hall–Kier alpha value is -3.04. The number of allylic oxidation sites excluding steroid dienone is 6. The van der Waals surface area contributed by atoms with E-state index < -0.39 is 0 Å². The van der Waals surface area contributed by atoms with Crippen LogP contribution in [-0.4, -0.2) is 42.2 Å². The van der Waals surface area contributed by atoms with E-state index in [0.29, 0.717) is 17.6 Å². The van der Waals surface area contributed by atoms with Crippen LogP contribution in [0.4, 0.5) is 0 Å². The highest BCUT2D eigenvalue weighted by atomic mass is 32.1. The van der Waals surface area contributed by atoms with E-state index in [1.54, 1.807) is 12.3 Å². The Labute approximate surface area is 189 Å². The highest BCUT2D eigenvalue weighted by Gasteiger charge is 2.23. The van der Waals surface area contributed by atoms with Gasteiger partial charge in [-0.05, 0) is 35.8 Å². The van der Waals surface area contributed by atoms with Crippen LogP contribution in [0.2, 0.25) is 0 Å². The molecule has 9 heteroatoms. The molecule has 0 spiro atoms. The summed E-state index contributed by atoms with van der Waals surface area (Å²) in [4.78, 5) is 8.98. The van der Waals surface area contributed by atoms with E-state index in [4.69, 9.17) is 16.9 Å². The van der Waals surface area contributed by atoms with Gasteiger partial charge in [-0.3, -0.25) is 9.30 Å². The molecule has 31 heavy (non-hydrogen) atoms. The van der Waals surface area contributed by atoms with Crippen molar-refractivity contribution >= 4 is 31.1 Å². The molecular formula is C22H30N8S. The zero-order chi connectivity index (χ0) is 22.4. The lowest BCUT2D eigenvalue weighted by Crippen LogP contribution is -2.41. The van der Waals surface area contributed by atoms with Gasteiger partial charge in [-0.2, -0.15) is 0 Å². The van der Waals surface area contributed by atoms with Crippen LogP contribution in [0, 0.1) is 17.2 Å². The second-order valence-corrected chi connectivity index (χ2v) is 8.46. The molecule has 7 N–H and O–H groups in total. The summed E-state index contributed by atoms with van der Waals surface area (Å²) in [6.45, 7) is 6.70. The van der Waals surface area contributed by atoms with E-state index in [-0.39, 0.29) is 5.92 Å². The number of nitrogens with one attached hydrogen (secondary N) is 3. The average molecular weight is 439 g/mol. The molecule has 3 heterocycles.